The first-order chi connectivity index (χ1) is 9.95. The third-order valence-corrected chi connectivity index (χ3v) is 5.68. The molecule has 5 nitrogen and oxygen atoms in total. The van der Waals surface area contributed by atoms with Gasteiger partial charge in [0.25, 0.3) is 10.0 Å². The zero-order valence-corrected chi connectivity index (χ0v) is 14.2. The van der Waals surface area contributed by atoms with Crippen LogP contribution in [0.15, 0.2) is 45.3 Å². The predicted octanol–water partition coefficient (Wildman–Crippen LogP) is 3.91. The molecule has 0 spiro atoms. The van der Waals surface area contributed by atoms with Crippen molar-refractivity contribution < 1.29 is 8.42 Å². The van der Waals surface area contributed by atoms with Gasteiger partial charge in [-0.3, -0.25) is 4.72 Å². The van der Waals surface area contributed by atoms with Gasteiger partial charge in [0.15, 0.2) is 0 Å². The summed E-state index contributed by atoms with van der Waals surface area (Å²) in [7, 11) is -3.81. The largest absolute Gasteiger partial charge is 0.279 e. The van der Waals surface area contributed by atoms with Gasteiger partial charge < -0.3 is 0 Å². The molecule has 2 aromatic heterocycles. The van der Waals surface area contributed by atoms with E-state index in [4.69, 9.17) is 11.6 Å². The molecule has 21 heavy (non-hydrogen) atoms. The average Bonchev–Trinajstić information content (AvgIpc) is 2.88. The number of benzene rings is 1. The van der Waals surface area contributed by atoms with E-state index in [1.165, 1.54) is 23.6 Å². The van der Waals surface area contributed by atoms with Crippen LogP contribution in [0.5, 0.6) is 0 Å². The molecule has 0 fully saturated rings. The highest BCUT2D eigenvalue weighted by atomic mass is 79.9. The van der Waals surface area contributed by atoms with Gasteiger partial charge in [0.05, 0.1) is 21.4 Å². The van der Waals surface area contributed by atoms with Crippen molar-refractivity contribution in [2.24, 2.45) is 0 Å². The molecule has 0 aliphatic rings. The number of thiazole rings is 1. The van der Waals surface area contributed by atoms with E-state index in [-0.39, 0.29) is 10.0 Å². The number of fused-ring (bicyclic) bond motifs is 1. The Bertz CT molecular complexity index is 927. The van der Waals surface area contributed by atoms with Crippen molar-refractivity contribution >= 4 is 64.8 Å². The summed E-state index contributed by atoms with van der Waals surface area (Å²) in [6.07, 6.45) is 1.44. The van der Waals surface area contributed by atoms with Crippen LogP contribution in [0, 0.1) is 0 Å². The smallest absolute Gasteiger partial charge is 0.265 e. The fourth-order valence-corrected chi connectivity index (χ4v) is 4.43. The summed E-state index contributed by atoms with van der Waals surface area (Å²) in [5.74, 6) is 0. The highest BCUT2D eigenvalue weighted by Crippen LogP contribution is 2.27. The molecular formula is C12H7BrClN3O2S2. The second-order valence-corrected chi connectivity index (χ2v) is 7.89. The zero-order chi connectivity index (χ0) is 15.0. The first-order valence-corrected chi connectivity index (χ1v) is 9.16. The highest BCUT2D eigenvalue weighted by Gasteiger charge is 2.19. The number of nitrogens with zero attached hydrogens (tertiary/aromatic N) is 2. The lowest BCUT2D eigenvalue weighted by molar-refractivity contribution is 0.601. The summed E-state index contributed by atoms with van der Waals surface area (Å²) >= 11 is 10.5. The number of anilines is 1. The van der Waals surface area contributed by atoms with Crippen molar-refractivity contribution in [1.29, 1.82) is 0 Å². The van der Waals surface area contributed by atoms with Gasteiger partial charge in [0.2, 0.25) is 0 Å². The molecule has 108 valence electrons. The summed E-state index contributed by atoms with van der Waals surface area (Å²) in [4.78, 5) is 7.88. The Balaban J connectivity index is 2.00. The molecule has 1 N–H and O–H groups in total. The van der Waals surface area contributed by atoms with Crippen LogP contribution in [-0.4, -0.2) is 18.4 Å². The van der Waals surface area contributed by atoms with Crippen LogP contribution in [0.25, 0.3) is 10.2 Å². The Morgan fingerprint density at radius 3 is 2.86 bits per heavy atom. The topological polar surface area (TPSA) is 72.0 Å². The van der Waals surface area contributed by atoms with Crippen LogP contribution in [0.3, 0.4) is 0 Å². The van der Waals surface area contributed by atoms with Gasteiger partial charge in [0, 0.05) is 10.7 Å². The van der Waals surface area contributed by atoms with Crippen LogP contribution in [0.1, 0.15) is 0 Å². The van der Waals surface area contributed by atoms with E-state index in [0.717, 1.165) is 10.2 Å². The van der Waals surface area contributed by atoms with E-state index in [0.29, 0.717) is 10.2 Å². The zero-order valence-electron chi connectivity index (χ0n) is 10.2. The molecule has 0 unspecified atom stereocenters. The fraction of sp³-hybridized carbons (Fsp3) is 0. The molecular weight excluding hydrogens is 398 g/mol. The van der Waals surface area contributed by atoms with Crippen molar-refractivity contribution in [3.8, 4) is 0 Å². The summed E-state index contributed by atoms with van der Waals surface area (Å²) in [6, 6.07) is 6.54. The molecule has 0 aliphatic heterocycles. The minimum atomic E-state index is -3.81. The molecule has 0 saturated heterocycles. The number of hydrogen-bond acceptors (Lipinski definition) is 5. The molecule has 0 saturated carbocycles. The van der Waals surface area contributed by atoms with Crippen molar-refractivity contribution in [2.75, 3.05) is 4.72 Å². The van der Waals surface area contributed by atoms with Gasteiger partial charge in [0.1, 0.15) is 10.0 Å². The van der Waals surface area contributed by atoms with Gasteiger partial charge in [-0.2, -0.15) is 0 Å². The van der Waals surface area contributed by atoms with Gasteiger partial charge in [-0.15, -0.1) is 11.3 Å². The van der Waals surface area contributed by atoms with Gasteiger partial charge in [-0.25, -0.2) is 18.4 Å². The lowest BCUT2D eigenvalue weighted by atomic mass is 10.3. The summed E-state index contributed by atoms with van der Waals surface area (Å²) in [6.45, 7) is 0. The maximum Gasteiger partial charge on any atom is 0.265 e. The molecule has 9 heteroatoms. The van der Waals surface area contributed by atoms with Crippen LogP contribution < -0.4 is 4.72 Å². The third kappa shape index (κ3) is 3.03. The number of pyridine rings is 1. The second-order valence-electron chi connectivity index (χ2n) is 4.08. The number of nitrogens with one attached hydrogen (secondary N) is 1. The molecule has 0 atom stereocenters. The number of rotatable bonds is 3. The maximum absolute atomic E-state index is 12.4. The minimum absolute atomic E-state index is 0.0791. The number of sulfonamides is 1. The van der Waals surface area contributed by atoms with E-state index in [1.807, 2.05) is 0 Å². The van der Waals surface area contributed by atoms with Gasteiger partial charge in [-0.05, 0) is 40.2 Å². The maximum atomic E-state index is 12.4. The summed E-state index contributed by atoms with van der Waals surface area (Å²) in [5.41, 5.74) is 2.98. The van der Waals surface area contributed by atoms with Crippen LogP contribution in [0.4, 0.5) is 5.69 Å². The lowest BCUT2D eigenvalue weighted by Crippen LogP contribution is -2.14. The van der Waals surface area contributed by atoms with E-state index >= 15 is 0 Å². The lowest BCUT2D eigenvalue weighted by Gasteiger charge is -2.09. The van der Waals surface area contributed by atoms with Crippen molar-refractivity contribution in [3.63, 3.8) is 0 Å². The molecule has 3 rings (SSSR count). The van der Waals surface area contributed by atoms with Gasteiger partial charge in [-0.1, -0.05) is 11.6 Å². The standard InChI is InChI=1S/C12H7BrClN3O2S2/c13-7-3-11(12(14)15-5-7)21(18,19)17-8-1-2-9-10(4-8)20-6-16-9/h1-6,17H. The SMILES string of the molecule is O=S(=O)(Nc1ccc2ncsc2c1)c1cc(Br)cnc1Cl. The van der Waals surface area contributed by atoms with Crippen molar-refractivity contribution in [1.82, 2.24) is 9.97 Å². The van der Waals surface area contributed by atoms with Crippen LogP contribution >= 0.6 is 38.9 Å². The Morgan fingerprint density at radius 1 is 1.24 bits per heavy atom. The number of hydrogen-bond donors (Lipinski definition) is 1. The number of halogens is 2. The third-order valence-electron chi connectivity index (χ3n) is 2.65. The first-order valence-electron chi connectivity index (χ1n) is 5.63. The van der Waals surface area contributed by atoms with Crippen molar-refractivity contribution in [2.45, 2.75) is 4.90 Å². The van der Waals surface area contributed by atoms with E-state index in [9.17, 15) is 8.42 Å². The second kappa shape index (κ2) is 5.53. The fourth-order valence-electron chi connectivity index (χ4n) is 1.72. The Hall–Kier alpha value is -1.22. The van der Waals surface area contributed by atoms with E-state index < -0.39 is 10.0 Å². The summed E-state index contributed by atoms with van der Waals surface area (Å²) < 4.78 is 28.7. The molecule has 1 aromatic carbocycles. The molecule has 3 aromatic rings. The van der Waals surface area contributed by atoms with Crippen LogP contribution in [0.2, 0.25) is 5.15 Å². The molecule has 0 radical (unpaired) electrons. The quantitative estimate of drug-likeness (QED) is 0.672. The molecule has 0 amide bonds. The van der Waals surface area contributed by atoms with Crippen molar-refractivity contribution in [3.05, 3.63) is 45.6 Å². The molecule has 0 aliphatic carbocycles. The number of aromatic nitrogens is 2. The predicted molar refractivity (Wildman–Crippen MR) is 87.4 cm³/mol. The highest BCUT2D eigenvalue weighted by molar-refractivity contribution is 9.10. The Morgan fingerprint density at radius 2 is 2.05 bits per heavy atom. The summed E-state index contributed by atoms with van der Waals surface area (Å²) in [5, 5.41) is -0.0791. The molecule has 2 heterocycles. The van der Waals surface area contributed by atoms with Gasteiger partial charge >= 0.3 is 0 Å². The monoisotopic (exact) mass is 403 g/mol. The van der Waals surface area contributed by atoms with E-state index in [1.54, 1.807) is 23.7 Å². The first kappa shape index (κ1) is 14.7. The minimum Gasteiger partial charge on any atom is -0.279 e. The molecule has 0 bridgehead atoms. The Kier molecular flexibility index (Phi) is 3.87. The van der Waals surface area contributed by atoms with Crippen LogP contribution in [-0.2, 0) is 10.0 Å². The van der Waals surface area contributed by atoms with E-state index in [2.05, 4.69) is 30.6 Å². The Labute approximate surface area is 138 Å². The average molecular weight is 405 g/mol. The normalized spacial score (nSPS) is 11.7.